The van der Waals surface area contributed by atoms with Crippen molar-refractivity contribution in [3.8, 4) is 11.5 Å². The van der Waals surface area contributed by atoms with E-state index in [9.17, 15) is 4.79 Å². The summed E-state index contributed by atoms with van der Waals surface area (Å²) >= 11 is 5.81. The molecule has 0 radical (unpaired) electrons. The number of benzene rings is 1. The quantitative estimate of drug-likeness (QED) is 0.691. The van der Waals surface area contributed by atoms with Gasteiger partial charge in [-0.2, -0.15) is 0 Å². The Morgan fingerprint density at radius 1 is 1.24 bits per heavy atom. The summed E-state index contributed by atoms with van der Waals surface area (Å²) in [5.74, 6) is 1.76. The third-order valence-electron chi connectivity index (χ3n) is 3.36. The number of carbonyl (C=O) groups excluding carboxylic acids is 1. The predicted octanol–water partition coefficient (Wildman–Crippen LogP) is 3.33. The fourth-order valence-electron chi connectivity index (χ4n) is 2.28. The monoisotopic (exact) mass is 311 g/mol. The number of hydrogen-bond donors (Lipinski definition) is 0. The maximum Gasteiger partial charge on any atom is 0.254 e. The van der Waals surface area contributed by atoms with Gasteiger partial charge in [-0.15, -0.1) is 11.6 Å². The number of hydrogen-bond acceptors (Lipinski definition) is 3. The van der Waals surface area contributed by atoms with E-state index in [1.807, 2.05) is 18.7 Å². The number of nitrogens with zero attached hydrogens (tertiary/aromatic N) is 1. The molecule has 1 aromatic carbocycles. The van der Waals surface area contributed by atoms with Crippen LogP contribution in [0.5, 0.6) is 11.5 Å². The van der Waals surface area contributed by atoms with Gasteiger partial charge in [0.05, 0.1) is 13.2 Å². The Morgan fingerprint density at radius 2 is 1.90 bits per heavy atom. The van der Waals surface area contributed by atoms with Gasteiger partial charge in [0, 0.05) is 24.0 Å². The molecule has 0 unspecified atom stereocenters. The maximum atomic E-state index is 12.6. The average molecular weight is 312 g/mol. The van der Waals surface area contributed by atoms with Gasteiger partial charge in [-0.05, 0) is 44.9 Å². The normalized spacial score (nSPS) is 13.9. The standard InChI is InChI=1S/C16H22ClNO3/c1-3-20-14-8-5-12(11-15(14)21-4-2)16(19)18(10-9-17)13-6-7-13/h5,8,11,13H,3-4,6-7,9-10H2,1-2H3. The predicted molar refractivity (Wildman–Crippen MR) is 83.6 cm³/mol. The molecular weight excluding hydrogens is 290 g/mol. The first kappa shape index (κ1) is 16.0. The number of carbonyl (C=O) groups is 1. The Balaban J connectivity index is 2.21. The van der Waals surface area contributed by atoms with Crippen LogP contribution in [-0.2, 0) is 0 Å². The Hall–Kier alpha value is -1.42. The zero-order chi connectivity index (χ0) is 15.2. The van der Waals surface area contributed by atoms with Crippen LogP contribution in [0, 0.1) is 0 Å². The molecule has 116 valence electrons. The Labute approximate surface area is 131 Å². The van der Waals surface area contributed by atoms with E-state index in [1.165, 1.54) is 0 Å². The molecule has 1 aliphatic carbocycles. The van der Waals surface area contributed by atoms with Gasteiger partial charge in [-0.1, -0.05) is 0 Å². The maximum absolute atomic E-state index is 12.6. The topological polar surface area (TPSA) is 38.8 Å². The summed E-state index contributed by atoms with van der Waals surface area (Å²) in [6.45, 7) is 5.51. The van der Waals surface area contributed by atoms with E-state index in [2.05, 4.69) is 0 Å². The van der Waals surface area contributed by atoms with Gasteiger partial charge in [-0.25, -0.2) is 0 Å². The van der Waals surface area contributed by atoms with Crippen molar-refractivity contribution in [2.24, 2.45) is 0 Å². The van der Waals surface area contributed by atoms with Crippen molar-refractivity contribution in [2.75, 3.05) is 25.6 Å². The third kappa shape index (κ3) is 4.03. The zero-order valence-corrected chi connectivity index (χ0v) is 13.4. The molecular formula is C16H22ClNO3. The van der Waals surface area contributed by atoms with Gasteiger partial charge in [0.25, 0.3) is 5.91 Å². The van der Waals surface area contributed by atoms with Crippen molar-refractivity contribution in [2.45, 2.75) is 32.7 Å². The van der Waals surface area contributed by atoms with Gasteiger partial charge < -0.3 is 14.4 Å². The Morgan fingerprint density at radius 3 is 2.48 bits per heavy atom. The molecule has 4 nitrogen and oxygen atoms in total. The van der Waals surface area contributed by atoms with Crippen LogP contribution < -0.4 is 9.47 Å². The minimum Gasteiger partial charge on any atom is -0.490 e. The Kier molecular flexibility index (Phi) is 5.74. The van der Waals surface area contributed by atoms with Crippen molar-refractivity contribution in [3.05, 3.63) is 23.8 Å². The molecule has 1 saturated carbocycles. The lowest BCUT2D eigenvalue weighted by Gasteiger charge is -2.22. The highest BCUT2D eigenvalue weighted by atomic mass is 35.5. The van der Waals surface area contributed by atoms with Crippen LogP contribution >= 0.6 is 11.6 Å². The second kappa shape index (κ2) is 7.55. The van der Waals surface area contributed by atoms with Crippen LogP contribution in [0.1, 0.15) is 37.0 Å². The first-order valence-corrected chi connectivity index (χ1v) is 8.01. The lowest BCUT2D eigenvalue weighted by Crippen LogP contribution is -2.34. The van der Waals surface area contributed by atoms with Gasteiger partial charge in [-0.3, -0.25) is 4.79 Å². The molecule has 5 heteroatoms. The molecule has 2 rings (SSSR count). The van der Waals surface area contributed by atoms with E-state index in [4.69, 9.17) is 21.1 Å². The summed E-state index contributed by atoms with van der Waals surface area (Å²) in [5.41, 5.74) is 0.624. The molecule has 0 saturated heterocycles. The lowest BCUT2D eigenvalue weighted by atomic mass is 10.1. The fourth-order valence-corrected chi connectivity index (χ4v) is 2.46. The van der Waals surface area contributed by atoms with Crippen LogP contribution in [0.2, 0.25) is 0 Å². The molecule has 0 atom stereocenters. The number of halogens is 1. The summed E-state index contributed by atoms with van der Waals surface area (Å²) in [6.07, 6.45) is 2.13. The minimum absolute atomic E-state index is 0.0159. The number of ether oxygens (including phenoxy) is 2. The first-order chi connectivity index (χ1) is 10.2. The number of amides is 1. The summed E-state index contributed by atoms with van der Waals surface area (Å²) in [5, 5.41) is 0. The van der Waals surface area contributed by atoms with Gasteiger partial charge in [0.15, 0.2) is 11.5 Å². The molecule has 21 heavy (non-hydrogen) atoms. The molecule has 0 spiro atoms. The van der Waals surface area contributed by atoms with Gasteiger partial charge in [0.1, 0.15) is 0 Å². The van der Waals surface area contributed by atoms with Crippen molar-refractivity contribution in [3.63, 3.8) is 0 Å². The van der Waals surface area contributed by atoms with E-state index < -0.39 is 0 Å². The second-order valence-electron chi connectivity index (χ2n) is 4.95. The lowest BCUT2D eigenvalue weighted by molar-refractivity contribution is 0.0753. The van der Waals surface area contributed by atoms with Crippen LogP contribution in [0.4, 0.5) is 0 Å². The van der Waals surface area contributed by atoms with Crippen molar-refractivity contribution >= 4 is 17.5 Å². The molecule has 0 aromatic heterocycles. The molecule has 0 heterocycles. The number of alkyl halides is 1. The van der Waals surface area contributed by atoms with Crippen LogP contribution in [0.15, 0.2) is 18.2 Å². The van der Waals surface area contributed by atoms with Crippen molar-refractivity contribution in [1.82, 2.24) is 4.90 Å². The molecule has 1 aromatic rings. The average Bonchev–Trinajstić information content (AvgIpc) is 3.31. The van der Waals surface area contributed by atoms with Crippen molar-refractivity contribution in [1.29, 1.82) is 0 Å². The van der Waals surface area contributed by atoms with E-state index in [1.54, 1.807) is 18.2 Å². The summed E-state index contributed by atoms with van der Waals surface area (Å²) in [6, 6.07) is 5.70. The largest absolute Gasteiger partial charge is 0.490 e. The summed E-state index contributed by atoms with van der Waals surface area (Å²) < 4.78 is 11.1. The van der Waals surface area contributed by atoms with Crippen LogP contribution in [0.25, 0.3) is 0 Å². The van der Waals surface area contributed by atoms with E-state index in [-0.39, 0.29) is 5.91 Å². The summed E-state index contributed by atoms with van der Waals surface area (Å²) in [4.78, 5) is 14.5. The minimum atomic E-state index is 0.0159. The second-order valence-corrected chi connectivity index (χ2v) is 5.32. The van der Waals surface area contributed by atoms with E-state index in [0.717, 1.165) is 12.8 Å². The fraction of sp³-hybridized carbons (Fsp3) is 0.562. The van der Waals surface area contributed by atoms with Gasteiger partial charge in [0.2, 0.25) is 0 Å². The third-order valence-corrected chi connectivity index (χ3v) is 3.53. The molecule has 1 fully saturated rings. The Bertz CT molecular complexity index is 488. The van der Waals surface area contributed by atoms with E-state index >= 15 is 0 Å². The first-order valence-electron chi connectivity index (χ1n) is 7.47. The molecule has 0 N–H and O–H groups in total. The molecule has 0 bridgehead atoms. The highest BCUT2D eigenvalue weighted by Crippen LogP contribution is 2.32. The number of rotatable bonds is 8. The summed E-state index contributed by atoms with van der Waals surface area (Å²) in [7, 11) is 0. The van der Waals surface area contributed by atoms with Gasteiger partial charge >= 0.3 is 0 Å². The van der Waals surface area contributed by atoms with Crippen LogP contribution in [0.3, 0.4) is 0 Å². The SMILES string of the molecule is CCOc1ccc(C(=O)N(CCCl)C2CC2)cc1OCC. The molecule has 1 aliphatic rings. The molecule has 0 aliphatic heterocycles. The zero-order valence-electron chi connectivity index (χ0n) is 12.6. The van der Waals surface area contributed by atoms with E-state index in [0.29, 0.717) is 48.7 Å². The van der Waals surface area contributed by atoms with Crippen molar-refractivity contribution < 1.29 is 14.3 Å². The highest BCUT2D eigenvalue weighted by Gasteiger charge is 2.32. The molecule has 1 amide bonds. The highest BCUT2D eigenvalue weighted by molar-refractivity contribution is 6.18. The smallest absolute Gasteiger partial charge is 0.254 e. The van der Waals surface area contributed by atoms with Crippen LogP contribution in [-0.4, -0.2) is 42.5 Å².